The molecule has 6 N–H and O–H groups in total. The Hall–Kier alpha value is -1.85. The maximum atomic E-state index is 12.5. The highest BCUT2D eigenvalue weighted by molar-refractivity contribution is 7.80. The van der Waals surface area contributed by atoms with E-state index >= 15 is 0 Å². The monoisotopic (exact) mass is 404 g/mol. The summed E-state index contributed by atoms with van der Waals surface area (Å²) in [6.07, 6.45) is 1.03. The summed E-state index contributed by atoms with van der Waals surface area (Å²) in [5.41, 5.74) is 5.89. The summed E-state index contributed by atoms with van der Waals surface area (Å²) in [7, 11) is 0. The van der Waals surface area contributed by atoms with Gasteiger partial charge in [0.25, 0.3) is 0 Å². The molecule has 0 spiro atoms. The number of amides is 3. The minimum absolute atomic E-state index is 0.0908. The van der Waals surface area contributed by atoms with Crippen molar-refractivity contribution < 1.29 is 29.4 Å². The highest BCUT2D eigenvalue weighted by atomic mass is 32.1. The number of likely N-dealkylation sites (tertiary alicyclic amines) is 1. The molecule has 0 radical (unpaired) electrons. The van der Waals surface area contributed by atoms with Gasteiger partial charge in [0, 0.05) is 12.3 Å². The summed E-state index contributed by atoms with van der Waals surface area (Å²) in [6, 6.07) is -4.11. The van der Waals surface area contributed by atoms with Gasteiger partial charge in [-0.3, -0.25) is 14.4 Å². The smallest absolute Gasteiger partial charge is 0.327 e. The minimum atomic E-state index is -1.34. The Bertz CT molecular complexity index is 573. The van der Waals surface area contributed by atoms with E-state index in [1.807, 2.05) is 0 Å². The van der Waals surface area contributed by atoms with Crippen LogP contribution < -0.4 is 16.4 Å². The van der Waals surface area contributed by atoms with Gasteiger partial charge < -0.3 is 31.5 Å². The molecule has 154 valence electrons. The van der Waals surface area contributed by atoms with Crippen LogP contribution in [0.25, 0.3) is 0 Å². The Morgan fingerprint density at radius 1 is 1.22 bits per heavy atom. The lowest BCUT2D eigenvalue weighted by molar-refractivity contribution is -0.143. The van der Waals surface area contributed by atoms with E-state index < -0.39 is 48.6 Å². The normalized spacial score (nSPS) is 20.1. The van der Waals surface area contributed by atoms with E-state index in [4.69, 9.17) is 10.8 Å². The Balaban J connectivity index is 2.77. The fraction of sp³-hybridized carbons (Fsp3) is 0.750. The Morgan fingerprint density at radius 3 is 2.33 bits per heavy atom. The fourth-order valence-corrected chi connectivity index (χ4v) is 2.95. The number of carbonyl (C=O) groups excluding carboxylic acids is 3. The van der Waals surface area contributed by atoms with Crippen LogP contribution in [-0.2, 0) is 19.2 Å². The highest BCUT2D eigenvalue weighted by Crippen LogP contribution is 2.20. The van der Waals surface area contributed by atoms with Crippen molar-refractivity contribution in [1.82, 2.24) is 15.5 Å². The SMILES string of the molecule is CC(C)C(N)C(=O)N1CCCC1C(=O)NC(CO)C(=O)NC(CS)C(=O)O. The summed E-state index contributed by atoms with van der Waals surface area (Å²) in [6.45, 7) is 3.27. The molecule has 0 aromatic heterocycles. The molecule has 1 aliphatic heterocycles. The molecule has 0 saturated carbocycles. The largest absolute Gasteiger partial charge is 0.480 e. The summed E-state index contributed by atoms with van der Waals surface area (Å²) >= 11 is 3.84. The van der Waals surface area contributed by atoms with Gasteiger partial charge in [-0.25, -0.2) is 4.79 Å². The number of thiol groups is 1. The molecule has 0 aromatic rings. The third-order valence-electron chi connectivity index (χ3n) is 4.45. The Morgan fingerprint density at radius 2 is 1.85 bits per heavy atom. The summed E-state index contributed by atoms with van der Waals surface area (Å²) in [4.78, 5) is 49.5. The maximum Gasteiger partial charge on any atom is 0.327 e. The molecule has 1 heterocycles. The molecule has 10 nitrogen and oxygen atoms in total. The number of nitrogens with zero attached hydrogens (tertiary/aromatic N) is 1. The second-order valence-electron chi connectivity index (χ2n) is 6.79. The lowest BCUT2D eigenvalue weighted by atomic mass is 10.0. The minimum Gasteiger partial charge on any atom is -0.480 e. The molecule has 1 aliphatic rings. The van der Waals surface area contributed by atoms with Crippen LogP contribution in [0.2, 0.25) is 0 Å². The molecular formula is C16H28N4O6S. The molecule has 1 saturated heterocycles. The van der Waals surface area contributed by atoms with E-state index in [0.717, 1.165) is 0 Å². The molecule has 3 amide bonds. The predicted octanol–water partition coefficient (Wildman–Crippen LogP) is -2.06. The lowest BCUT2D eigenvalue weighted by Gasteiger charge is -2.29. The van der Waals surface area contributed by atoms with Crippen LogP contribution in [0.5, 0.6) is 0 Å². The molecule has 1 fully saturated rings. The standard InChI is InChI=1S/C16H28N4O6S/c1-8(2)12(17)15(24)20-5-3-4-11(20)14(23)18-9(6-21)13(22)19-10(7-27)16(25)26/h8-12,21,27H,3-7,17H2,1-2H3,(H,18,23)(H,19,22)(H,25,26). The molecule has 0 bridgehead atoms. The van der Waals surface area contributed by atoms with Gasteiger partial charge in [0.15, 0.2) is 0 Å². The first kappa shape index (κ1) is 23.2. The first-order valence-electron chi connectivity index (χ1n) is 8.75. The van der Waals surface area contributed by atoms with Crippen LogP contribution in [-0.4, -0.2) is 81.9 Å². The molecular weight excluding hydrogens is 376 g/mol. The number of nitrogens with one attached hydrogen (secondary N) is 2. The second kappa shape index (κ2) is 10.5. The van der Waals surface area contributed by atoms with E-state index in [-0.39, 0.29) is 17.6 Å². The number of nitrogens with two attached hydrogens (primary N) is 1. The van der Waals surface area contributed by atoms with E-state index in [1.54, 1.807) is 13.8 Å². The topological polar surface area (TPSA) is 162 Å². The number of aliphatic hydroxyl groups is 1. The zero-order chi connectivity index (χ0) is 20.7. The van der Waals surface area contributed by atoms with E-state index in [0.29, 0.717) is 19.4 Å². The van der Waals surface area contributed by atoms with Crippen molar-refractivity contribution in [1.29, 1.82) is 0 Å². The van der Waals surface area contributed by atoms with Crippen molar-refractivity contribution in [3.05, 3.63) is 0 Å². The number of carbonyl (C=O) groups is 4. The highest BCUT2D eigenvalue weighted by Gasteiger charge is 2.38. The number of rotatable bonds is 9. The van der Waals surface area contributed by atoms with Crippen LogP contribution in [0.3, 0.4) is 0 Å². The van der Waals surface area contributed by atoms with Gasteiger partial charge in [0.2, 0.25) is 17.7 Å². The van der Waals surface area contributed by atoms with Crippen molar-refractivity contribution in [3.63, 3.8) is 0 Å². The van der Waals surface area contributed by atoms with Gasteiger partial charge >= 0.3 is 5.97 Å². The van der Waals surface area contributed by atoms with E-state index in [2.05, 4.69) is 23.3 Å². The Labute approximate surface area is 163 Å². The first-order chi connectivity index (χ1) is 12.6. The van der Waals surface area contributed by atoms with Gasteiger partial charge in [-0.2, -0.15) is 12.6 Å². The van der Waals surface area contributed by atoms with Gasteiger partial charge in [-0.05, 0) is 18.8 Å². The van der Waals surface area contributed by atoms with Crippen molar-refractivity contribution in [2.24, 2.45) is 11.7 Å². The maximum absolute atomic E-state index is 12.5. The van der Waals surface area contributed by atoms with Crippen LogP contribution in [0, 0.1) is 5.92 Å². The average molecular weight is 404 g/mol. The number of aliphatic hydroxyl groups excluding tert-OH is 1. The van der Waals surface area contributed by atoms with Crippen molar-refractivity contribution in [3.8, 4) is 0 Å². The zero-order valence-electron chi connectivity index (χ0n) is 15.4. The van der Waals surface area contributed by atoms with E-state index in [1.165, 1.54) is 4.90 Å². The third kappa shape index (κ3) is 6.08. The van der Waals surface area contributed by atoms with Crippen LogP contribution in [0.4, 0.5) is 0 Å². The van der Waals surface area contributed by atoms with Crippen LogP contribution in [0.1, 0.15) is 26.7 Å². The predicted molar refractivity (Wildman–Crippen MR) is 100.0 cm³/mol. The number of hydrogen-bond acceptors (Lipinski definition) is 7. The summed E-state index contributed by atoms with van der Waals surface area (Å²) in [5, 5.41) is 22.9. The molecule has 4 unspecified atom stereocenters. The van der Waals surface area contributed by atoms with Crippen LogP contribution in [0.15, 0.2) is 0 Å². The number of hydrogen-bond donors (Lipinski definition) is 6. The lowest BCUT2D eigenvalue weighted by Crippen LogP contribution is -2.58. The van der Waals surface area contributed by atoms with Gasteiger partial charge in [-0.1, -0.05) is 13.8 Å². The first-order valence-corrected chi connectivity index (χ1v) is 9.38. The number of carboxylic acid groups (broad SMARTS) is 1. The molecule has 4 atom stereocenters. The summed E-state index contributed by atoms with van der Waals surface area (Å²) in [5.74, 6) is -3.30. The second-order valence-corrected chi connectivity index (χ2v) is 7.15. The third-order valence-corrected chi connectivity index (χ3v) is 4.82. The molecule has 0 aliphatic carbocycles. The van der Waals surface area contributed by atoms with Crippen LogP contribution >= 0.6 is 12.6 Å². The van der Waals surface area contributed by atoms with Gasteiger partial charge in [0.05, 0.1) is 12.6 Å². The van der Waals surface area contributed by atoms with Gasteiger partial charge in [0.1, 0.15) is 18.1 Å². The van der Waals surface area contributed by atoms with Crippen molar-refractivity contribution in [2.45, 2.75) is 50.9 Å². The van der Waals surface area contributed by atoms with Gasteiger partial charge in [-0.15, -0.1) is 0 Å². The summed E-state index contributed by atoms with van der Waals surface area (Å²) < 4.78 is 0. The molecule has 11 heteroatoms. The average Bonchev–Trinajstić information content (AvgIpc) is 3.11. The van der Waals surface area contributed by atoms with Crippen molar-refractivity contribution in [2.75, 3.05) is 18.9 Å². The van der Waals surface area contributed by atoms with E-state index in [9.17, 15) is 24.3 Å². The quantitative estimate of drug-likeness (QED) is 0.241. The Kier molecular flexibility index (Phi) is 9.00. The molecule has 0 aromatic carbocycles. The number of carboxylic acids is 1. The van der Waals surface area contributed by atoms with Crippen molar-refractivity contribution >= 4 is 36.3 Å². The number of aliphatic carboxylic acids is 1. The zero-order valence-corrected chi connectivity index (χ0v) is 16.3. The molecule has 27 heavy (non-hydrogen) atoms. The molecule has 1 rings (SSSR count). The fourth-order valence-electron chi connectivity index (χ4n) is 2.70.